The molecule has 0 fully saturated rings. The summed E-state index contributed by atoms with van der Waals surface area (Å²) in [6, 6.07) is 3.37. The quantitative estimate of drug-likeness (QED) is 0.629. The second kappa shape index (κ2) is 6.47. The summed E-state index contributed by atoms with van der Waals surface area (Å²) in [7, 11) is 0. The molecule has 0 aromatic heterocycles. The van der Waals surface area contributed by atoms with Crippen molar-refractivity contribution in [1.29, 1.82) is 5.41 Å². The molecular weight excluding hydrogens is 275 g/mol. The second-order valence-electron chi connectivity index (χ2n) is 4.17. The van der Waals surface area contributed by atoms with Crippen LogP contribution in [0.5, 0.6) is 5.75 Å². The highest BCUT2D eigenvalue weighted by Crippen LogP contribution is 2.16. The fraction of sp³-hybridized carbons (Fsp3) is 0.0714. The maximum Gasteiger partial charge on any atom is 0.251 e. The fourth-order valence-electron chi connectivity index (χ4n) is 1.65. The number of phenolic OH excluding ortho intramolecular Hbond substituents is 1. The Morgan fingerprint density at radius 2 is 2.33 bits per heavy atom. The number of aromatic hydroxyl groups is 1. The average Bonchev–Trinajstić information content (AvgIpc) is 2.51. The van der Waals surface area contributed by atoms with Crippen molar-refractivity contribution in [3.8, 4) is 5.75 Å². The van der Waals surface area contributed by atoms with Gasteiger partial charge in [-0.1, -0.05) is 0 Å². The van der Waals surface area contributed by atoms with E-state index in [1.54, 1.807) is 12.4 Å². The number of nitrogens with one attached hydrogen (secondary N) is 3. The summed E-state index contributed by atoms with van der Waals surface area (Å²) < 4.78 is 13.2. The van der Waals surface area contributed by atoms with E-state index >= 15 is 0 Å². The molecular formula is C14H13FN4O2. The third-order valence-electron chi connectivity index (χ3n) is 2.77. The molecule has 0 spiro atoms. The number of benzene rings is 1. The van der Waals surface area contributed by atoms with Crippen LogP contribution < -0.4 is 10.6 Å². The highest BCUT2D eigenvalue weighted by molar-refractivity contribution is 5.96. The van der Waals surface area contributed by atoms with E-state index in [4.69, 9.17) is 10.5 Å². The van der Waals surface area contributed by atoms with Gasteiger partial charge in [-0.2, -0.15) is 0 Å². The number of halogens is 1. The standard InChI is InChI=1S/C14H13FN4O2/c15-11-5-9(1-2-13(11)20)14(21)19-7-10(6-16)12-8-17-3-4-18-12/h1-6,8,16,18,20H,7H2,(H,19,21)/b12-10+,16-6?. The van der Waals surface area contributed by atoms with Crippen molar-refractivity contribution in [3.05, 3.63) is 53.2 Å². The molecule has 1 aromatic rings. The van der Waals surface area contributed by atoms with Crippen LogP contribution in [0.2, 0.25) is 0 Å². The average molecular weight is 288 g/mol. The van der Waals surface area contributed by atoms with Crippen LogP contribution in [-0.2, 0) is 0 Å². The van der Waals surface area contributed by atoms with Crippen LogP contribution in [0.4, 0.5) is 4.39 Å². The fourth-order valence-corrected chi connectivity index (χ4v) is 1.65. The Balaban J connectivity index is 2.06. The lowest BCUT2D eigenvalue weighted by Gasteiger charge is -2.11. The molecule has 0 aliphatic carbocycles. The molecule has 7 heteroatoms. The van der Waals surface area contributed by atoms with E-state index in [1.165, 1.54) is 12.3 Å². The van der Waals surface area contributed by atoms with E-state index in [0.29, 0.717) is 11.3 Å². The number of carbonyl (C=O) groups excluding carboxylic acids is 1. The summed E-state index contributed by atoms with van der Waals surface area (Å²) in [4.78, 5) is 15.8. The number of hydrogen-bond donors (Lipinski definition) is 4. The maximum absolute atomic E-state index is 13.2. The minimum Gasteiger partial charge on any atom is -0.505 e. The smallest absolute Gasteiger partial charge is 0.251 e. The third kappa shape index (κ3) is 3.53. The van der Waals surface area contributed by atoms with Gasteiger partial charge in [0, 0.05) is 36.3 Å². The summed E-state index contributed by atoms with van der Waals surface area (Å²) in [6.07, 6.45) is 5.80. The van der Waals surface area contributed by atoms with Crippen LogP contribution in [0.3, 0.4) is 0 Å². The van der Waals surface area contributed by atoms with Gasteiger partial charge in [0.25, 0.3) is 5.91 Å². The number of phenols is 1. The van der Waals surface area contributed by atoms with E-state index in [0.717, 1.165) is 18.3 Å². The van der Waals surface area contributed by atoms with Gasteiger partial charge in [-0.3, -0.25) is 9.79 Å². The number of aliphatic imine (C=N–C) groups is 1. The number of allylic oxidation sites excluding steroid dienone is 1. The first-order valence-electron chi connectivity index (χ1n) is 6.07. The molecule has 1 heterocycles. The summed E-state index contributed by atoms with van der Waals surface area (Å²) in [5, 5.41) is 21.9. The molecule has 0 radical (unpaired) electrons. The molecule has 1 amide bonds. The molecule has 0 bridgehead atoms. The highest BCUT2D eigenvalue weighted by atomic mass is 19.1. The molecule has 2 rings (SSSR count). The monoisotopic (exact) mass is 288 g/mol. The van der Waals surface area contributed by atoms with Crippen molar-refractivity contribution >= 4 is 18.3 Å². The Morgan fingerprint density at radius 1 is 1.52 bits per heavy atom. The van der Waals surface area contributed by atoms with Gasteiger partial charge in [0.2, 0.25) is 0 Å². The zero-order chi connectivity index (χ0) is 15.2. The number of amides is 1. The molecule has 4 N–H and O–H groups in total. The predicted octanol–water partition coefficient (Wildman–Crippen LogP) is 1.31. The summed E-state index contributed by atoms with van der Waals surface area (Å²) >= 11 is 0. The molecule has 1 aliphatic heterocycles. The first-order valence-corrected chi connectivity index (χ1v) is 6.07. The van der Waals surface area contributed by atoms with Crippen LogP contribution >= 0.6 is 0 Å². The SMILES string of the molecule is N=C/C(CNC(=O)c1ccc(O)c(F)c1)=C1/C=NC=CN1. The molecule has 108 valence electrons. The van der Waals surface area contributed by atoms with Gasteiger partial charge in [0.15, 0.2) is 11.6 Å². The van der Waals surface area contributed by atoms with E-state index in [1.807, 2.05) is 0 Å². The molecule has 1 aromatic carbocycles. The number of carbonyl (C=O) groups is 1. The van der Waals surface area contributed by atoms with Gasteiger partial charge < -0.3 is 21.1 Å². The van der Waals surface area contributed by atoms with Crippen molar-refractivity contribution in [3.63, 3.8) is 0 Å². The second-order valence-corrected chi connectivity index (χ2v) is 4.17. The largest absolute Gasteiger partial charge is 0.505 e. The molecule has 6 nitrogen and oxygen atoms in total. The Morgan fingerprint density at radius 3 is 2.95 bits per heavy atom. The van der Waals surface area contributed by atoms with Crippen LogP contribution in [-0.4, -0.2) is 30.0 Å². The Labute approximate surface area is 120 Å². The van der Waals surface area contributed by atoms with Crippen LogP contribution in [0.25, 0.3) is 0 Å². The minimum atomic E-state index is -0.862. The van der Waals surface area contributed by atoms with Crippen molar-refractivity contribution < 1.29 is 14.3 Å². The molecule has 1 aliphatic rings. The van der Waals surface area contributed by atoms with Crippen LogP contribution in [0.1, 0.15) is 10.4 Å². The van der Waals surface area contributed by atoms with Gasteiger partial charge >= 0.3 is 0 Å². The van der Waals surface area contributed by atoms with Crippen molar-refractivity contribution in [2.24, 2.45) is 4.99 Å². The van der Waals surface area contributed by atoms with E-state index in [2.05, 4.69) is 15.6 Å². The lowest BCUT2D eigenvalue weighted by atomic mass is 10.1. The number of nitrogens with zero attached hydrogens (tertiary/aromatic N) is 1. The lowest BCUT2D eigenvalue weighted by Crippen LogP contribution is -2.28. The van der Waals surface area contributed by atoms with Crippen LogP contribution in [0, 0.1) is 11.2 Å². The van der Waals surface area contributed by atoms with Crippen molar-refractivity contribution in [2.45, 2.75) is 0 Å². The zero-order valence-corrected chi connectivity index (χ0v) is 10.9. The topological polar surface area (TPSA) is 97.6 Å². The van der Waals surface area contributed by atoms with E-state index < -0.39 is 17.5 Å². The first-order chi connectivity index (χ1) is 10.1. The predicted molar refractivity (Wildman–Crippen MR) is 77.0 cm³/mol. The molecule has 0 saturated carbocycles. The van der Waals surface area contributed by atoms with Gasteiger partial charge in [-0.25, -0.2) is 4.39 Å². The minimum absolute atomic E-state index is 0.0878. The first kappa shape index (κ1) is 14.4. The van der Waals surface area contributed by atoms with Crippen molar-refractivity contribution in [2.75, 3.05) is 6.54 Å². The lowest BCUT2D eigenvalue weighted by molar-refractivity contribution is 0.0957. The third-order valence-corrected chi connectivity index (χ3v) is 2.77. The van der Waals surface area contributed by atoms with Gasteiger partial charge in [0.05, 0.1) is 11.9 Å². The Kier molecular flexibility index (Phi) is 4.45. The normalized spacial score (nSPS) is 15.3. The van der Waals surface area contributed by atoms with Crippen molar-refractivity contribution in [1.82, 2.24) is 10.6 Å². The molecule has 21 heavy (non-hydrogen) atoms. The van der Waals surface area contributed by atoms with E-state index in [9.17, 15) is 9.18 Å². The number of hydrogen-bond acceptors (Lipinski definition) is 5. The zero-order valence-electron chi connectivity index (χ0n) is 10.9. The Hall–Kier alpha value is -2.96. The van der Waals surface area contributed by atoms with Gasteiger partial charge in [0.1, 0.15) is 0 Å². The van der Waals surface area contributed by atoms with Gasteiger partial charge in [-0.05, 0) is 18.2 Å². The molecule has 0 atom stereocenters. The summed E-state index contributed by atoms with van der Waals surface area (Å²) in [6.45, 7) is 0.0903. The van der Waals surface area contributed by atoms with Gasteiger partial charge in [-0.15, -0.1) is 0 Å². The molecule has 0 saturated heterocycles. The molecule has 0 unspecified atom stereocenters. The van der Waals surface area contributed by atoms with Crippen LogP contribution in [0.15, 0.2) is 46.9 Å². The maximum atomic E-state index is 13.2. The highest BCUT2D eigenvalue weighted by Gasteiger charge is 2.10. The summed E-state index contributed by atoms with van der Waals surface area (Å²) in [5.41, 5.74) is 1.21. The number of rotatable bonds is 4. The van der Waals surface area contributed by atoms with E-state index in [-0.39, 0.29) is 12.1 Å². The summed E-state index contributed by atoms with van der Waals surface area (Å²) in [5.74, 6) is -1.88. The Bertz CT molecular complexity index is 665.